The number of hydrogen-bond donors (Lipinski definition) is 1. The van der Waals surface area contributed by atoms with Crippen molar-refractivity contribution >= 4 is 34.0 Å². The molecule has 1 aromatic heterocycles. The average Bonchev–Trinajstić information content (AvgIpc) is 3.20. The number of rotatable bonds is 4. The van der Waals surface area contributed by atoms with Crippen molar-refractivity contribution in [2.45, 2.75) is 24.1 Å². The number of benzene rings is 1. The molecule has 3 rings (SSSR count). The smallest absolute Gasteiger partial charge is 0.248 e. The first-order valence-corrected chi connectivity index (χ1v) is 7.51. The Balaban J connectivity index is 1.66. The van der Waals surface area contributed by atoms with Gasteiger partial charge in [0, 0.05) is 11.3 Å². The molecule has 1 heterocycles. The number of nitrogens with one attached hydrogen (secondary N) is 1. The van der Waals surface area contributed by atoms with Crippen LogP contribution >= 0.6 is 22.9 Å². The van der Waals surface area contributed by atoms with E-state index in [9.17, 15) is 4.79 Å². The van der Waals surface area contributed by atoms with Crippen LogP contribution in [0.25, 0.3) is 0 Å². The van der Waals surface area contributed by atoms with E-state index in [1.165, 1.54) is 24.2 Å². The Hall–Kier alpha value is -1.39. The molecule has 2 aromatic rings. The highest BCUT2D eigenvalue weighted by molar-refractivity contribution is 7.14. The minimum absolute atomic E-state index is 0.232. The van der Waals surface area contributed by atoms with E-state index >= 15 is 0 Å². The molecule has 5 heteroatoms. The second kappa shape index (κ2) is 5.31. The fourth-order valence-electron chi connectivity index (χ4n) is 1.85. The molecule has 0 aliphatic heterocycles. The van der Waals surface area contributed by atoms with Crippen LogP contribution in [0, 0.1) is 0 Å². The van der Waals surface area contributed by atoms with Gasteiger partial charge < -0.3 is 5.32 Å². The number of alkyl halides is 1. The van der Waals surface area contributed by atoms with Gasteiger partial charge in [-0.15, -0.1) is 22.9 Å². The summed E-state index contributed by atoms with van der Waals surface area (Å²) in [4.78, 5) is 16.4. The lowest BCUT2D eigenvalue weighted by Gasteiger charge is -2.08. The Bertz CT molecular complexity index is 580. The number of anilines is 1. The van der Waals surface area contributed by atoms with E-state index in [2.05, 4.69) is 10.3 Å². The maximum atomic E-state index is 12.0. The normalized spacial score (nSPS) is 16.1. The van der Waals surface area contributed by atoms with Crippen LogP contribution in [0.1, 0.15) is 35.4 Å². The Morgan fingerprint density at radius 3 is 2.79 bits per heavy atom. The topological polar surface area (TPSA) is 42.0 Å². The molecular weight excluding hydrogens is 280 g/mol. The lowest BCUT2D eigenvalue weighted by atomic mass is 10.1. The third-order valence-electron chi connectivity index (χ3n) is 3.07. The lowest BCUT2D eigenvalue weighted by Crippen LogP contribution is -2.17. The highest BCUT2D eigenvalue weighted by atomic mass is 35.5. The van der Waals surface area contributed by atoms with Gasteiger partial charge in [-0.1, -0.05) is 30.3 Å². The standard InChI is InChI=1S/C14H13ClN2OS/c15-12(10-4-2-1-3-5-10)13(18)17-14-16-11(8-19-14)9-6-7-9/h1-5,8-9,12H,6-7H2,(H,16,17,18). The molecule has 1 fully saturated rings. The molecule has 19 heavy (non-hydrogen) atoms. The first-order valence-electron chi connectivity index (χ1n) is 6.19. The maximum absolute atomic E-state index is 12.0. The van der Waals surface area contributed by atoms with E-state index in [0.29, 0.717) is 11.0 Å². The number of nitrogens with zero attached hydrogens (tertiary/aromatic N) is 1. The number of thiazole rings is 1. The van der Waals surface area contributed by atoms with Gasteiger partial charge in [0.15, 0.2) is 5.13 Å². The molecule has 1 aliphatic rings. The second-order valence-corrected chi connectivity index (χ2v) is 5.91. The second-order valence-electron chi connectivity index (χ2n) is 4.61. The quantitative estimate of drug-likeness (QED) is 0.867. The Morgan fingerprint density at radius 2 is 2.11 bits per heavy atom. The predicted octanol–water partition coefficient (Wildman–Crippen LogP) is 3.94. The summed E-state index contributed by atoms with van der Waals surface area (Å²) in [5.74, 6) is 0.368. The van der Waals surface area contributed by atoms with Gasteiger partial charge in [-0.25, -0.2) is 4.98 Å². The molecule has 0 bridgehead atoms. The number of halogens is 1. The third kappa shape index (κ3) is 2.96. The molecule has 3 nitrogen and oxygen atoms in total. The summed E-state index contributed by atoms with van der Waals surface area (Å²) in [5.41, 5.74) is 1.88. The number of carbonyl (C=O) groups is 1. The summed E-state index contributed by atoms with van der Waals surface area (Å²) in [6, 6.07) is 9.32. The molecule has 1 aromatic carbocycles. The summed E-state index contributed by atoms with van der Waals surface area (Å²) in [6.45, 7) is 0. The molecule has 1 amide bonds. The van der Waals surface area contributed by atoms with Gasteiger partial charge >= 0.3 is 0 Å². The van der Waals surface area contributed by atoms with Gasteiger partial charge in [0.25, 0.3) is 0 Å². The largest absolute Gasteiger partial charge is 0.300 e. The number of hydrogen-bond acceptors (Lipinski definition) is 3. The first kappa shape index (κ1) is 12.6. The monoisotopic (exact) mass is 292 g/mol. The molecule has 1 saturated carbocycles. The number of carbonyl (C=O) groups excluding carboxylic acids is 1. The van der Waals surface area contributed by atoms with Gasteiger partial charge in [0.1, 0.15) is 5.38 Å². The van der Waals surface area contributed by atoms with Gasteiger partial charge in [-0.3, -0.25) is 4.79 Å². The van der Waals surface area contributed by atoms with Crippen LogP contribution < -0.4 is 5.32 Å². The maximum Gasteiger partial charge on any atom is 0.248 e. The van der Waals surface area contributed by atoms with Gasteiger partial charge in [0.05, 0.1) is 5.69 Å². The summed E-state index contributed by atoms with van der Waals surface area (Å²) < 4.78 is 0. The van der Waals surface area contributed by atoms with E-state index < -0.39 is 5.38 Å². The Kier molecular flexibility index (Phi) is 3.53. The summed E-state index contributed by atoms with van der Waals surface area (Å²) in [5, 5.41) is 4.74. The van der Waals surface area contributed by atoms with Crippen molar-refractivity contribution in [2.24, 2.45) is 0 Å². The van der Waals surface area contributed by atoms with Crippen LogP contribution in [-0.2, 0) is 4.79 Å². The molecule has 1 N–H and O–H groups in total. The predicted molar refractivity (Wildman–Crippen MR) is 77.8 cm³/mol. The minimum Gasteiger partial charge on any atom is -0.300 e. The lowest BCUT2D eigenvalue weighted by molar-refractivity contribution is -0.116. The van der Waals surface area contributed by atoms with Crippen LogP contribution in [0.3, 0.4) is 0 Å². The van der Waals surface area contributed by atoms with Crippen molar-refractivity contribution in [1.29, 1.82) is 0 Å². The SMILES string of the molecule is O=C(Nc1nc(C2CC2)cs1)C(Cl)c1ccccc1. The fourth-order valence-corrected chi connectivity index (χ4v) is 2.85. The first-order chi connectivity index (χ1) is 9.24. The van der Waals surface area contributed by atoms with Crippen molar-refractivity contribution in [1.82, 2.24) is 4.98 Å². The molecule has 98 valence electrons. The summed E-state index contributed by atoms with van der Waals surface area (Å²) in [6.07, 6.45) is 2.42. The zero-order chi connectivity index (χ0) is 13.2. The fraction of sp³-hybridized carbons (Fsp3) is 0.286. The van der Waals surface area contributed by atoms with Crippen molar-refractivity contribution in [2.75, 3.05) is 5.32 Å². The average molecular weight is 293 g/mol. The van der Waals surface area contributed by atoms with Crippen LogP contribution in [0.15, 0.2) is 35.7 Å². The number of aromatic nitrogens is 1. The molecule has 1 aliphatic carbocycles. The van der Waals surface area contributed by atoms with Crippen molar-refractivity contribution < 1.29 is 4.79 Å². The van der Waals surface area contributed by atoms with E-state index in [1.54, 1.807) is 0 Å². The van der Waals surface area contributed by atoms with Crippen LogP contribution in [0.5, 0.6) is 0 Å². The molecular formula is C14H13ClN2OS. The molecule has 1 unspecified atom stereocenters. The van der Waals surface area contributed by atoms with Crippen molar-refractivity contribution in [3.05, 3.63) is 47.0 Å². The number of amides is 1. The summed E-state index contributed by atoms with van der Waals surface area (Å²) >= 11 is 7.61. The van der Waals surface area contributed by atoms with Gasteiger partial charge in [0.2, 0.25) is 5.91 Å². The van der Waals surface area contributed by atoms with Crippen molar-refractivity contribution in [3.8, 4) is 0 Å². The highest BCUT2D eigenvalue weighted by Gasteiger charge is 2.26. The molecule has 0 spiro atoms. The molecule has 0 radical (unpaired) electrons. The van der Waals surface area contributed by atoms with Crippen LogP contribution in [-0.4, -0.2) is 10.9 Å². The third-order valence-corrected chi connectivity index (χ3v) is 4.30. The molecule has 0 saturated heterocycles. The molecule has 1 atom stereocenters. The van der Waals surface area contributed by atoms with E-state index in [0.717, 1.165) is 11.3 Å². The highest BCUT2D eigenvalue weighted by Crippen LogP contribution is 2.41. The van der Waals surface area contributed by atoms with E-state index in [-0.39, 0.29) is 5.91 Å². The Morgan fingerprint density at radius 1 is 1.37 bits per heavy atom. The van der Waals surface area contributed by atoms with Crippen molar-refractivity contribution in [3.63, 3.8) is 0 Å². The summed E-state index contributed by atoms with van der Waals surface area (Å²) in [7, 11) is 0. The zero-order valence-corrected chi connectivity index (χ0v) is 11.7. The van der Waals surface area contributed by atoms with E-state index in [1.807, 2.05) is 35.7 Å². The van der Waals surface area contributed by atoms with Crippen LogP contribution in [0.2, 0.25) is 0 Å². The van der Waals surface area contributed by atoms with E-state index in [4.69, 9.17) is 11.6 Å². The van der Waals surface area contributed by atoms with Crippen LogP contribution in [0.4, 0.5) is 5.13 Å². The minimum atomic E-state index is -0.686. The van der Waals surface area contributed by atoms with Gasteiger partial charge in [-0.2, -0.15) is 0 Å². The zero-order valence-electron chi connectivity index (χ0n) is 10.2. The Labute approximate surface area is 120 Å². The van der Waals surface area contributed by atoms with Gasteiger partial charge in [-0.05, 0) is 18.4 Å².